The molecule has 0 radical (unpaired) electrons. The molecule has 0 heterocycles. The molecule has 0 aliphatic carbocycles. The van der Waals surface area contributed by atoms with E-state index in [-0.39, 0.29) is 18.4 Å². The average molecular weight is 465 g/mol. The van der Waals surface area contributed by atoms with Crippen LogP contribution in [0.15, 0.2) is 53.0 Å². The lowest BCUT2D eigenvalue weighted by atomic mass is 10.0. The van der Waals surface area contributed by atoms with E-state index in [1.807, 2.05) is 24.3 Å². The van der Waals surface area contributed by atoms with Crippen LogP contribution >= 0.6 is 15.9 Å². The highest BCUT2D eigenvalue weighted by Crippen LogP contribution is 2.18. The molecule has 2 aromatic carbocycles. The number of halogens is 2. The minimum Gasteiger partial charge on any atom is -0.467 e. The Hall–Kier alpha value is -2.74. The maximum absolute atomic E-state index is 14.0. The molecule has 2 atom stereocenters. The fourth-order valence-corrected chi connectivity index (χ4v) is 3.28. The van der Waals surface area contributed by atoms with Crippen LogP contribution in [0.3, 0.4) is 0 Å². The highest BCUT2D eigenvalue weighted by Gasteiger charge is 2.28. The van der Waals surface area contributed by atoms with Crippen LogP contribution in [0, 0.1) is 5.82 Å². The third-order valence-corrected chi connectivity index (χ3v) is 5.03. The van der Waals surface area contributed by atoms with Crippen LogP contribution in [0.4, 0.5) is 4.39 Å². The number of carbonyl (C=O) groups is 3. The van der Waals surface area contributed by atoms with Crippen LogP contribution in [0.1, 0.15) is 18.1 Å². The Bertz CT molecular complexity index is 890. The highest BCUT2D eigenvalue weighted by atomic mass is 79.9. The second kappa shape index (κ2) is 10.7. The van der Waals surface area contributed by atoms with Crippen molar-refractivity contribution in [3.05, 3.63) is 69.9 Å². The lowest BCUT2D eigenvalue weighted by molar-refractivity contribution is -0.145. The van der Waals surface area contributed by atoms with E-state index in [4.69, 9.17) is 4.74 Å². The van der Waals surface area contributed by atoms with E-state index in [1.54, 1.807) is 6.07 Å². The molecule has 0 spiro atoms. The third-order valence-electron chi connectivity index (χ3n) is 4.26. The van der Waals surface area contributed by atoms with Crippen LogP contribution in [-0.4, -0.2) is 37.0 Å². The summed E-state index contributed by atoms with van der Waals surface area (Å²) in [5.41, 5.74) is 1.08. The molecule has 2 N–H and O–H groups in total. The van der Waals surface area contributed by atoms with Gasteiger partial charge in [0.2, 0.25) is 11.8 Å². The summed E-state index contributed by atoms with van der Waals surface area (Å²) in [5, 5.41) is 5.13. The van der Waals surface area contributed by atoms with Gasteiger partial charge in [0.15, 0.2) is 0 Å². The fourth-order valence-electron chi connectivity index (χ4n) is 2.83. The molecule has 0 saturated carbocycles. The maximum atomic E-state index is 14.0. The molecule has 6 nitrogen and oxygen atoms in total. The summed E-state index contributed by atoms with van der Waals surface area (Å²) in [6.45, 7) is 1.26. The number of ether oxygens (including phenoxy) is 1. The summed E-state index contributed by atoms with van der Waals surface area (Å²) in [7, 11) is 1.23. The fraction of sp³-hybridized carbons (Fsp3) is 0.286. The van der Waals surface area contributed by atoms with E-state index in [1.165, 1.54) is 32.2 Å². The minimum atomic E-state index is -1.05. The first-order chi connectivity index (χ1) is 13.8. The Morgan fingerprint density at radius 3 is 2.14 bits per heavy atom. The van der Waals surface area contributed by atoms with Crippen molar-refractivity contribution >= 4 is 33.7 Å². The SMILES string of the molecule is COC(=O)[C@@H](Cc1ccccc1Br)NC(=O)[C@@H](Cc1ccccc1F)NC(C)=O. The lowest BCUT2D eigenvalue weighted by Gasteiger charge is -2.22. The molecular weight excluding hydrogens is 443 g/mol. The lowest BCUT2D eigenvalue weighted by Crippen LogP contribution is -2.53. The average Bonchev–Trinajstić information content (AvgIpc) is 2.69. The van der Waals surface area contributed by atoms with Crippen LogP contribution in [-0.2, 0) is 32.0 Å². The van der Waals surface area contributed by atoms with E-state index in [0.29, 0.717) is 0 Å². The number of hydrogen-bond acceptors (Lipinski definition) is 4. The second-order valence-electron chi connectivity index (χ2n) is 6.43. The van der Waals surface area contributed by atoms with Gasteiger partial charge in [-0.25, -0.2) is 9.18 Å². The van der Waals surface area contributed by atoms with Crippen LogP contribution in [0.25, 0.3) is 0 Å². The van der Waals surface area contributed by atoms with Gasteiger partial charge in [-0.05, 0) is 23.3 Å². The van der Waals surface area contributed by atoms with Crippen molar-refractivity contribution in [2.24, 2.45) is 0 Å². The Morgan fingerprint density at radius 1 is 0.966 bits per heavy atom. The quantitative estimate of drug-likeness (QED) is 0.587. The van der Waals surface area contributed by atoms with E-state index >= 15 is 0 Å². The third kappa shape index (κ3) is 6.67. The van der Waals surface area contributed by atoms with Crippen molar-refractivity contribution in [2.45, 2.75) is 31.8 Å². The Kier molecular flexibility index (Phi) is 8.33. The summed E-state index contributed by atoms with van der Waals surface area (Å²) in [5.74, 6) is -2.15. The zero-order chi connectivity index (χ0) is 21.4. The standard InChI is InChI=1S/C21H22BrFN2O4/c1-13(26)24-18(12-15-8-4-6-10-17(15)23)20(27)25-19(21(28)29-2)11-14-7-3-5-9-16(14)22/h3-10,18-19H,11-12H2,1-2H3,(H,24,26)(H,25,27)/t18-,19-/m1/s1. The molecule has 0 aliphatic rings. The molecule has 0 aromatic heterocycles. The van der Waals surface area contributed by atoms with E-state index in [2.05, 4.69) is 26.6 Å². The van der Waals surface area contributed by atoms with Gasteiger partial charge in [0.25, 0.3) is 0 Å². The van der Waals surface area contributed by atoms with Crippen molar-refractivity contribution < 1.29 is 23.5 Å². The predicted octanol–water partition coefficient (Wildman–Crippen LogP) is 2.54. The molecule has 0 fully saturated rings. The number of nitrogens with one attached hydrogen (secondary N) is 2. The van der Waals surface area contributed by atoms with Crippen molar-refractivity contribution in [3.63, 3.8) is 0 Å². The molecule has 2 amide bonds. The Balaban J connectivity index is 2.20. The van der Waals surface area contributed by atoms with E-state index in [9.17, 15) is 18.8 Å². The zero-order valence-electron chi connectivity index (χ0n) is 16.1. The number of hydrogen-bond donors (Lipinski definition) is 2. The first-order valence-corrected chi connectivity index (χ1v) is 9.73. The molecule has 0 bridgehead atoms. The summed E-state index contributed by atoms with van der Waals surface area (Å²) < 4.78 is 19.6. The van der Waals surface area contributed by atoms with Gasteiger partial charge in [0, 0.05) is 24.2 Å². The largest absolute Gasteiger partial charge is 0.467 e. The van der Waals surface area contributed by atoms with Gasteiger partial charge in [0.1, 0.15) is 17.9 Å². The monoisotopic (exact) mass is 464 g/mol. The van der Waals surface area contributed by atoms with Gasteiger partial charge >= 0.3 is 5.97 Å². The van der Waals surface area contributed by atoms with E-state index < -0.39 is 35.7 Å². The molecular formula is C21H22BrFN2O4. The van der Waals surface area contributed by atoms with Crippen LogP contribution in [0.2, 0.25) is 0 Å². The van der Waals surface area contributed by atoms with E-state index in [0.717, 1.165) is 10.0 Å². The summed E-state index contributed by atoms with van der Waals surface area (Å²) in [6, 6.07) is 11.3. The van der Waals surface area contributed by atoms with Gasteiger partial charge in [-0.1, -0.05) is 52.3 Å². The van der Waals surface area contributed by atoms with Gasteiger partial charge in [-0.2, -0.15) is 0 Å². The number of methoxy groups -OCH3 is 1. The smallest absolute Gasteiger partial charge is 0.328 e. The Morgan fingerprint density at radius 2 is 1.55 bits per heavy atom. The number of carbonyl (C=O) groups excluding carboxylic acids is 3. The summed E-state index contributed by atoms with van der Waals surface area (Å²) in [6.07, 6.45) is 0.132. The minimum absolute atomic E-state index is 0.0546. The van der Waals surface area contributed by atoms with Gasteiger partial charge in [0.05, 0.1) is 7.11 Å². The number of esters is 1. The molecule has 0 unspecified atom stereocenters. The topological polar surface area (TPSA) is 84.5 Å². The number of amides is 2. The second-order valence-corrected chi connectivity index (χ2v) is 7.28. The first kappa shape index (κ1) is 22.5. The molecule has 0 saturated heterocycles. The molecule has 0 aliphatic heterocycles. The van der Waals surface area contributed by atoms with Gasteiger partial charge < -0.3 is 15.4 Å². The first-order valence-electron chi connectivity index (χ1n) is 8.94. The summed E-state index contributed by atoms with van der Waals surface area (Å²) >= 11 is 3.41. The molecule has 2 rings (SSSR count). The molecule has 29 heavy (non-hydrogen) atoms. The Labute approximate surface area is 177 Å². The molecule has 8 heteroatoms. The number of rotatable bonds is 8. The van der Waals surface area contributed by atoms with Crippen molar-refractivity contribution in [3.8, 4) is 0 Å². The van der Waals surface area contributed by atoms with Gasteiger partial charge in [-0.3, -0.25) is 9.59 Å². The highest BCUT2D eigenvalue weighted by molar-refractivity contribution is 9.10. The maximum Gasteiger partial charge on any atom is 0.328 e. The normalized spacial score (nSPS) is 12.6. The summed E-state index contributed by atoms with van der Waals surface area (Å²) in [4.78, 5) is 36.6. The van der Waals surface area contributed by atoms with Crippen molar-refractivity contribution in [2.75, 3.05) is 7.11 Å². The molecule has 154 valence electrons. The predicted molar refractivity (Wildman–Crippen MR) is 110 cm³/mol. The molecule has 2 aromatic rings. The van der Waals surface area contributed by atoms with Crippen molar-refractivity contribution in [1.29, 1.82) is 0 Å². The van der Waals surface area contributed by atoms with Crippen LogP contribution in [0.5, 0.6) is 0 Å². The number of benzene rings is 2. The zero-order valence-corrected chi connectivity index (χ0v) is 17.7. The van der Waals surface area contributed by atoms with Gasteiger partial charge in [-0.15, -0.1) is 0 Å². The van der Waals surface area contributed by atoms with Crippen molar-refractivity contribution in [1.82, 2.24) is 10.6 Å². The van der Waals surface area contributed by atoms with Crippen LogP contribution < -0.4 is 10.6 Å².